The predicted octanol–water partition coefficient (Wildman–Crippen LogP) is -0.866. The first-order valence-corrected chi connectivity index (χ1v) is 17.0. The molecule has 3 heterocycles. The van der Waals surface area contributed by atoms with Gasteiger partial charge in [0.2, 0.25) is 0 Å². The van der Waals surface area contributed by atoms with Crippen molar-refractivity contribution in [1.82, 2.24) is 0 Å². The van der Waals surface area contributed by atoms with Gasteiger partial charge in [-0.25, -0.2) is 4.79 Å². The van der Waals surface area contributed by atoms with Crippen LogP contribution in [0.1, 0.15) is 71.6 Å². The zero-order chi connectivity index (χ0) is 32.5. The molecule has 3 saturated heterocycles. The van der Waals surface area contributed by atoms with Gasteiger partial charge in [-0.05, 0) is 58.3 Å². The lowest BCUT2D eigenvalue weighted by molar-refractivity contribution is -0.703. The molecule has 0 bridgehead atoms. The fraction of sp³-hybridized carbons (Fsp3) is 0.879. The predicted molar refractivity (Wildman–Crippen MR) is 161 cm³/mol. The Hall–Kier alpha value is -1.48. The Morgan fingerprint density at radius 2 is 1.93 bits per heavy atom. The van der Waals surface area contributed by atoms with Crippen LogP contribution in [0.15, 0.2) is 11.6 Å². The van der Waals surface area contributed by atoms with E-state index in [1.54, 1.807) is 6.92 Å². The molecule has 0 spiro atoms. The number of fused-ring (bicyclic) bond motifs is 2. The largest absolute Gasteiger partial charge is 0.456 e. The maximum Gasteiger partial charge on any atom is 0.336 e. The number of allylic oxidation sites excluding steroid dienone is 1. The smallest absolute Gasteiger partial charge is 0.336 e. The van der Waals surface area contributed by atoms with Crippen molar-refractivity contribution in [3.63, 3.8) is 0 Å². The monoisotopic (exact) mass is 639 g/mol. The molecule has 0 radical (unpaired) electrons. The molecule has 3 aliphatic heterocycles. The fourth-order valence-corrected chi connectivity index (χ4v) is 9.17. The Morgan fingerprint density at radius 1 is 1.16 bits per heavy atom. The highest BCUT2D eigenvalue weighted by Gasteiger charge is 2.64. The van der Waals surface area contributed by atoms with Crippen LogP contribution in [-0.2, 0) is 23.8 Å². The normalized spacial score (nSPS) is 44.9. The van der Waals surface area contributed by atoms with E-state index in [9.17, 15) is 35.1 Å². The molecule has 14 atom stereocenters. The number of aliphatic hydroxyl groups is 5. The van der Waals surface area contributed by atoms with E-state index in [4.69, 9.17) is 19.9 Å². The van der Waals surface area contributed by atoms with Crippen LogP contribution in [0.4, 0.5) is 0 Å². The second-order valence-electron chi connectivity index (χ2n) is 14.5. The molecule has 14 unspecified atom stereocenters. The molecule has 0 aromatic carbocycles. The SMILES string of the molecule is CC=C(CO)C(=O)OC1CC2C(O)C3C(=O)CC(CO)OC3C(C3CCCC(O)C3)C2OC1(C)C(CO)CC1CCC(N)[NH2+]C1. The van der Waals surface area contributed by atoms with E-state index in [-0.39, 0.29) is 61.3 Å². The second-order valence-corrected chi connectivity index (χ2v) is 14.5. The quantitative estimate of drug-likeness (QED) is 0.122. The van der Waals surface area contributed by atoms with E-state index >= 15 is 0 Å². The van der Waals surface area contributed by atoms with E-state index < -0.39 is 72.6 Å². The summed E-state index contributed by atoms with van der Waals surface area (Å²) in [5.41, 5.74) is 5.04. The number of ketones is 1. The average Bonchev–Trinajstić information content (AvgIpc) is 3.02. The van der Waals surface area contributed by atoms with Gasteiger partial charge < -0.3 is 45.1 Å². The number of hydrogen-bond acceptors (Lipinski definition) is 11. The molecule has 2 saturated carbocycles. The summed E-state index contributed by atoms with van der Waals surface area (Å²) in [6.45, 7) is 3.28. The number of piperidine rings is 1. The molecule has 256 valence electrons. The zero-order valence-electron chi connectivity index (χ0n) is 26.7. The van der Waals surface area contributed by atoms with Gasteiger partial charge in [-0.15, -0.1) is 0 Å². The molecule has 5 fully saturated rings. The molecule has 12 heteroatoms. The van der Waals surface area contributed by atoms with Crippen molar-refractivity contribution in [3.05, 3.63) is 11.6 Å². The van der Waals surface area contributed by atoms with Crippen LogP contribution < -0.4 is 11.1 Å². The third kappa shape index (κ3) is 7.05. The zero-order valence-corrected chi connectivity index (χ0v) is 26.7. The summed E-state index contributed by atoms with van der Waals surface area (Å²) in [6.07, 6.45) is 2.40. The van der Waals surface area contributed by atoms with Crippen LogP contribution in [0.5, 0.6) is 0 Å². The summed E-state index contributed by atoms with van der Waals surface area (Å²) in [4.78, 5) is 26.8. The van der Waals surface area contributed by atoms with Gasteiger partial charge in [0.1, 0.15) is 23.7 Å². The van der Waals surface area contributed by atoms with Gasteiger partial charge in [0.05, 0.1) is 61.8 Å². The van der Waals surface area contributed by atoms with Crippen LogP contribution >= 0.6 is 0 Å². The number of ether oxygens (including phenoxy) is 3. The van der Waals surface area contributed by atoms with Crippen LogP contribution in [-0.4, -0.2) is 112 Å². The first kappa shape index (κ1) is 34.8. The van der Waals surface area contributed by atoms with Crippen molar-refractivity contribution in [2.24, 2.45) is 41.2 Å². The van der Waals surface area contributed by atoms with Crippen LogP contribution in [0.25, 0.3) is 0 Å². The highest BCUT2D eigenvalue weighted by atomic mass is 16.6. The van der Waals surface area contributed by atoms with Crippen LogP contribution in [0.3, 0.4) is 0 Å². The lowest BCUT2D eigenvalue weighted by atomic mass is 9.57. The average molecular weight is 640 g/mol. The van der Waals surface area contributed by atoms with E-state index in [1.807, 2.05) is 6.92 Å². The Labute approximate surface area is 265 Å². The molecule has 0 amide bonds. The number of hydrogen-bond donors (Lipinski definition) is 7. The summed E-state index contributed by atoms with van der Waals surface area (Å²) in [5.74, 6) is -2.86. The minimum atomic E-state index is -1.17. The lowest BCUT2D eigenvalue weighted by Gasteiger charge is -2.60. The summed E-state index contributed by atoms with van der Waals surface area (Å²) in [6, 6.07) is 0. The first-order valence-electron chi connectivity index (χ1n) is 17.0. The van der Waals surface area contributed by atoms with Gasteiger partial charge >= 0.3 is 5.97 Å². The fourth-order valence-electron chi connectivity index (χ4n) is 9.17. The van der Waals surface area contributed by atoms with Crippen LogP contribution in [0.2, 0.25) is 0 Å². The maximum absolute atomic E-state index is 13.5. The van der Waals surface area contributed by atoms with Gasteiger partial charge in [-0.1, -0.05) is 12.5 Å². The van der Waals surface area contributed by atoms with Gasteiger partial charge in [0.15, 0.2) is 0 Å². The van der Waals surface area contributed by atoms with Crippen molar-refractivity contribution in [2.45, 2.75) is 120 Å². The van der Waals surface area contributed by atoms with Gasteiger partial charge in [0.25, 0.3) is 0 Å². The number of aliphatic hydroxyl groups excluding tert-OH is 5. The number of nitrogens with two attached hydrogens (primary N) is 2. The highest BCUT2D eigenvalue weighted by molar-refractivity contribution is 5.88. The molecule has 5 aliphatic rings. The van der Waals surface area contributed by atoms with E-state index in [2.05, 4.69) is 5.32 Å². The number of quaternary nitrogens is 1. The molecular formula is C33H55N2O10+. The lowest BCUT2D eigenvalue weighted by Crippen LogP contribution is -2.95. The molecule has 2 aliphatic carbocycles. The summed E-state index contributed by atoms with van der Waals surface area (Å²) in [7, 11) is 0. The van der Waals surface area contributed by atoms with Crippen molar-refractivity contribution in [3.8, 4) is 0 Å². The van der Waals surface area contributed by atoms with Crippen molar-refractivity contribution >= 4 is 11.8 Å². The van der Waals surface area contributed by atoms with E-state index in [0.717, 1.165) is 32.2 Å². The van der Waals surface area contributed by atoms with Gasteiger partial charge in [0, 0.05) is 43.1 Å². The van der Waals surface area contributed by atoms with Crippen LogP contribution in [0, 0.1) is 35.5 Å². The Kier molecular flexibility index (Phi) is 11.4. The molecule has 0 aromatic heterocycles. The standard InChI is InChI=1S/C33H54N2O10/c1-3-18(14-36)32(42)44-25-12-23-29(41)28-24(40)11-22(16-38)43-31(28)27(19-5-4-6-21(39)10-19)30(23)45-33(25,2)20(15-37)9-17-7-8-26(34)35-13-17/h3,17,19-23,25-31,35-39,41H,4-16,34H2,1-2H3/p+1. The molecule has 9 N–H and O–H groups in total. The minimum absolute atomic E-state index is 0.00107. The van der Waals surface area contributed by atoms with Crippen molar-refractivity contribution in [2.75, 3.05) is 26.4 Å². The Balaban J connectivity index is 1.53. The summed E-state index contributed by atoms with van der Waals surface area (Å²) >= 11 is 0. The first-order chi connectivity index (χ1) is 21.5. The Bertz CT molecular complexity index is 1070. The Morgan fingerprint density at radius 3 is 2.56 bits per heavy atom. The maximum atomic E-state index is 13.5. The van der Waals surface area contributed by atoms with E-state index in [1.165, 1.54) is 6.08 Å². The third-order valence-corrected chi connectivity index (χ3v) is 11.8. The number of carbonyl (C=O) groups excluding carboxylic acids is 2. The molecule has 45 heavy (non-hydrogen) atoms. The molecule has 5 rings (SSSR count). The van der Waals surface area contributed by atoms with Crippen molar-refractivity contribution in [1.29, 1.82) is 0 Å². The number of esters is 1. The van der Waals surface area contributed by atoms with E-state index in [0.29, 0.717) is 19.3 Å². The number of rotatable bonds is 9. The minimum Gasteiger partial charge on any atom is -0.456 e. The number of Topliss-reactive ketones (excluding diaryl/α,β-unsaturated/α-hetero) is 1. The topological polar surface area (TPSA) is 206 Å². The molecular weight excluding hydrogens is 584 g/mol. The molecule has 0 aromatic rings. The summed E-state index contributed by atoms with van der Waals surface area (Å²) in [5, 5.41) is 55.3. The third-order valence-electron chi connectivity index (χ3n) is 11.8. The highest BCUT2D eigenvalue weighted by Crippen LogP contribution is 2.54. The van der Waals surface area contributed by atoms with Crippen molar-refractivity contribution < 1.29 is 54.6 Å². The molecule has 12 nitrogen and oxygen atoms in total. The van der Waals surface area contributed by atoms with Gasteiger partial charge in [-0.3, -0.25) is 10.5 Å². The van der Waals surface area contributed by atoms with Gasteiger partial charge in [-0.2, -0.15) is 0 Å². The summed E-state index contributed by atoms with van der Waals surface area (Å²) < 4.78 is 19.6. The second kappa shape index (κ2) is 14.7. The number of carbonyl (C=O) groups is 2.